The van der Waals surface area contributed by atoms with Crippen LogP contribution in [0.25, 0.3) is 0 Å². The molecule has 1 amide bonds. The number of hydrogen-bond acceptors (Lipinski definition) is 4. The summed E-state index contributed by atoms with van der Waals surface area (Å²) in [6, 6.07) is 16.5. The molecule has 0 bridgehead atoms. The Kier molecular flexibility index (Phi) is 6.72. The van der Waals surface area contributed by atoms with Crippen molar-refractivity contribution in [3.63, 3.8) is 0 Å². The van der Waals surface area contributed by atoms with Crippen molar-refractivity contribution in [2.24, 2.45) is 0 Å². The first-order valence-electron chi connectivity index (χ1n) is 9.92. The van der Waals surface area contributed by atoms with Gasteiger partial charge in [0.05, 0.1) is 4.90 Å². The number of sulfonamides is 1. The first-order chi connectivity index (χ1) is 13.8. The highest BCUT2D eigenvalue weighted by Gasteiger charge is 2.26. The topological polar surface area (TPSA) is 60.9 Å². The third-order valence-electron chi connectivity index (χ3n) is 5.39. The minimum Gasteiger partial charge on any atom is -0.336 e. The van der Waals surface area contributed by atoms with Crippen molar-refractivity contribution < 1.29 is 13.2 Å². The van der Waals surface area contributed by atoms with E-state index in [4.69, 9.17) is 0 Å². The lowest BCUT2D eigenvalue weighted by Gasteiger charge is -2.35. The highest BCUT2D eigenvalue weighted by Crippen LogP contribution is 2.19. The Morgan fingerprint density at radius 1 is 1.00 bits per heavy atom. The summed E-state index contributed by atoms with van der Waals surface area (Å²) in [7, 11) is -2.06. The van der Waals surface area contributed by atoms with Crippen LogP contribution in [0.3, 0.4) is 0 Å². The Labute approximate surface area is 173 Å². The average molecular weight is 416 g/mol. The molecule has 1 aliphatic rings. The fourth-order valence-corrected chi connectivity index (χ4v) is 4.78. The lowest BCUT2D eigenvalue weighted by Crippen LogP contribution is -2.48. The molecule has 0 saturated carbocycles. The van der Waals surface area contributed by atoms with Crippen LogP contribution >= 0.6 is 0 Å². The standard InChI is InChI=1S/C22H29N3O3S/c1-18(2)23(3)29(27,28)21-11-7-10-20(16-21)22(26)25-14-12-24(13-15-25)17-19-8-5-4-6-9-19/h4-11,16,18H,12-15,17H2,1-3H3. The maximum absolute atomic E-state index is 12.9. The maximum atomic E-state index is 12.9. The van der Waals surface area contributed by atoms with E-state index in [2.05, 4.69) is 17.0 Å². The minimum atomic E-state index is -3.61. The van der Waals surface area contributed by atoms with Crippen LogP contribution in [-0.2, 0) is 16.6 Å². The van der Waals surface area contributed by atoms with Gasteiger partial charge in [-0.2, -0.15) is 4.31 Å². The lowest BCUT2D eigenvalue weighted by atomic mass is 10.1. The summed E-state index contributed by atoms with van der Waals surface area (Å²) in [6.45, 7) is 7.38. The van der Waals surface area contributed by atoms with Crippen molar-refractivity contribution in [2.45, 2.75) is 31.3 Å². The van der Waals surface area contributed by atoms with Crippen LogP contribution in [0.5, 0.6) is 0 Å². The number of piperazine rings is 1. The zero-order valence-corrected chi connectivity index (χ0v) is 18.1. The van der Waals surface area contributed by atoms with E-state index in [1.165, 1.54) is 15.9 Å². The summed E-state index contributed by atoms with van der Waals surface area (Å²) in [5.41, 5.74) is 1.68. The van der Waals surface area contributed by atoms with Crippen molar-refractivity contribution in [3.05, 3.63) is 65.7 Å². The van der Waals surface area contributed by atoms with Crippen molar-refractivity contribution in [1.82, 2.24) is 14.1 Å². The average Bonchev–Trinajstić information content (AvgIpc) is 2.74. The Morgan fingerprint density at radius 3 is 2.28 bits per heavy atom. The van der Waals surface area contributed by atoms with E-state index in [0.29, 0.717) is 18.7 Å². The van der Waals surface area contributed by atoms with Crippen molar-refractivity contribution in [2.75, 3.05) is 33.2 Å². The minimum absolute atomic E-state index is 0.117. The molecule has 7 heteroatoms. The van der Waals surface area contributed by atoms with Crippen LogP contribution in [-0.4, -0.2) is 67.7 Å². The summed E-state index contributed by atoms with van der Waals surface area (Å²) >= 11 is 0. The molecule has 29 heavy (non-hydrogen) atoms. The number of benzene rings is 2. The molecule has 156 valence electrons. The van der Waals surface area contributed by atoms with E-state index in [0.717, 1.165) is 19.6 Å². The van der Waals surface area contributed by atoms with E-state index in [9.17, 15) is 13.2 Å². The lowest BCUT2D eigenvalue weighted by molar-refractivity contribution is 0.0628. The molecular weight excluding hydrogens is 386 g/mol. The quantitative estimate of drug-likeness (QED) is 0.728. The second kappa shape index (κ2) is 9.07. The third kappa shape index (κ3) is 5.04. The van der Waals surface area contributed by atoms with Crippen LogP contribution in [0.2, 0.25) is 0 Å². The van der Waals surface area contributed by atoms with Gasteiger partial charge < -0.3 is 4.90 Å². The van der Waals surface area contributed by atoms with Gasteiger partial charge in [0.15, 0.2) is 0 Å². The fraction of sp³-hybridized carbons (Fsp3) is 0.409. The number of hydrogen-bond donors (Lipinski definition) is 0. The smallest absolute Gasteiger partial charge is 0.253 e. The van der Waals surface area contributed by atoms with Gasteiger partial charge in [0, 0.05) is 51.4 Å². The highest BCUT2D eigenvalue weighted by molar-refractivity contribution is 7.89. The van der Waals surface area contributed by atoms with Crippen LogP contribution in [0.4, 0.5) is 0 Å². The van der Waals surface area contributed by atoms with Gasteiger partial charge >= 0.3 is 0 Å². The Bertz CT molecular complexity index is 937. The van der Waals surface area contributed by atoms with Crippen molar-refractivity contribution >= 4 is 15.9 Å². The van der Waals surface area contributed by atoms with Crippen LogP contribution in [0.1, 0.15) is 29.8 Å². The summed E-state index contributed by atoms with van der Waals surface area (Å²) in [5, 5.41) is 0. The molecule has 2 aromatic rings. The molecular formula is C22H29N3O3S. The van der Waals surface area contributed by atoms with Crippen LogP contribution < -0.4 is 0 Å². The van der Waals surface area contributed by atoms with E-state index >= 15 is 0 Å². The normalized spacial score (nSPS) is 15.8. The summed E-state index contributed by atoms with van der Waals surface area (Å²) in [5.74, 6) is -0.117. The Balaban J connectivity index is 1.66. The molecule has 0 spiro atoms. The molecule has 2 aromatic carbocycles. The van der Waals surface area contributed by atoms with Crippen LogP contribution in [0, 0.1) is 0 Å². The predicted octanol–water partition coefficient (Wildman–Crippen LogP) is 2.67. The Hall–Kier alpha value is -2.22. The summed E-state index contributed by atoms with van der Waals surface area (Å²) in [6.07, 6.45) is 0. The molecule has 1 heterocycles. The number of nitrogens with zero attached hydrogens (tertiary/aromatic N) is 3. The fourth-order valence-electron chi connectivity index (χ4n) is 3.37. The molecule has 0 radical (unpaired) electrons. The molecule has 6 nitrogen and oxygen atoms in total. The second-order valence-corrected chi connectivity index (χ2v) is 9.69. The zero-order valence-electron chi connectivity index (χ0n) is 17.3. The van der Waals surface area contributed by atoms with Crippen molar-refractivity contribution in [1.29, 1.82) is 0 Å². The number of carbonyl (C=O) groups excluding carboxylic acids is 1. The van der Waals surface area contributed by atoms with Gasteiger partial charge in [-0.3, -0.25) is 9.69 Å². The first kappa shape index (κ1) is 21.5. The molecule has 0 N–H and O–H groups in total. The van der Waals surface area contributed by atoms with E-state index in [1.54, 1.807) is 30.1 Å². The van der Waals surface area contributed by atoms with Gasteiger partial charge in [-0.05, 0) is 37.6 Å². The number of carbonyl (C=O) groups is 1. The number of amides is 1. The third-order valence-corrected chi connectivity index (χ3v) is 7.42. The summed E-state index contributed by atoms with van der Waals surface area (Å²) < 4.78 is 26.8. The van der Waals surface area contributed by atoms with Gasteiger partial charge in [-0.1, -0.05) is 36.4 Å². The van der Waals surface area contributed by atoms with Crippen molar-refractivity contribution in [3.8, 4) is 0 Å². The largest absolute Gasteiger partial charge is 0.336 e. The van der Waals surface area contributed by atoms with Gasteiger partial charge in [0.2, 0.25) is 10.0 Å². The first-order valence-corrected chi connectivity index (χ1v) is 11.4. The maximum Gasteiger partial charge on any atom is 0.253 e. The van der Waals surface area contributed by atoms with Gasteiger partial charge in [0.25, 0.3) is 5.91 Å². The summed E-state index contributed by atoms with van der Waals surface area (Å²) in [4.78, 5) is 17.2. The molecule has 0 aromatic heterocycles. The molecule has 1 aliphatic heterocycles. The Morgan fingerprint density at radius 2 is 1.66 bits per heavy atom. The SMILES string of the molecule is CC(C)N(C)S(=O)(=O)c1cccc(C(=O)N2CCN(Cc3ccccc3)CC2)c1. The highest BCUT2D eigenvalue weighted by atomic mass is 32.2. The number of rotatable bonds is 6. The van der Waals surface area contributed by atoms with E-state index in [-0.39, 0.29) is 16.8 Å². The van der Waals surface area contributed by atoms with Gasteiger partial charge in [0.1, 0.15) is 0 Å². The molecule has 0 unspecified atom stereocenters. The van der Waals surface area contributed by atoms with Crippen LogP contribution in [0.15, 0.2) is 59.5 Å². The molecule has 1 saturated heterocycles. The second-order valence-electron chi connectivity index (χ2n) is 7.70. The monoisotopic (exact) mass is 415 g/mol. The van der Waals surface area contributed by atoms with E-state index < -0.39 is 10.0 Å². The molecule has 0 aliphatic carbocycles. The molecule has 0 atom stereocenters. The van der Waals surface area contributed by atoms with Gasteiger partial charge in [-0.15, -0.1) is 0 Å². The zero-order chi connectivity index (χ0) is 21.0. The molecule has 1 fully saturated rings. The van der Waals surface area contributed by atoms with Gasteiger partial charge in [-0.25, -0.2) is 8.42 Å². The predicted molar refractivity (Wildman–Crippen MR) is 114 cm³/mol. The van der Waals surface area contributed by atoms with E-state index in [1.807, 2.05) is 32.0 Å². The molecule has 3 rings (SSSR count).